The van der Waals surface area contributed by atoms with E-state index in [1.54, 1.807) is 24.4 Å². The normalized spacial score (nSPS) is 15.9. The van der Waals surface area contributed by atoms with Crippen molar-refractivity contribution in [2.24, 2.45) is 0 Å². The fourth-order valence-electron chi connectivity index (χ4n) is 3.48. The number of thiophene rings is 1. The van der Waals surface area contributed by atoms with E-state index in [0.717, 1.165) is 20.9 Å². The van der Waals surface area contributed by atoms with Crippen LogP contribution in [0.1, 0.15) is 29.3 Å². The number of ether oxygens (including phenoxy) is 1. The Balaban J connectivity index is 1.69. The highest BCUT2D eigenvalue weighted by atomic mass is 32.2. The number of carbonyl (C=O) groups excluding carboxylic acids is 3. The van der Waals surface area contributed by atoms with Crippen LogP contribution in [0, 0.1) is 6.92 Å². The van der Waals surface area contributed by atoms with E-state index < -0.39 is 11.2 Å². The van der Waals surface area contributed by atoms with Gasteiger partial charge in [-0.1, -0.05) is 29.8 Å². The van der Waals surface area contributed by atoms with E-state index in [4.69, 9.17) is 10.5 Å². The minimum atomic E-state index is -0.564. The number of hydrogen-bond donors (Lipinski definition) is 1. The number of aryl methyl sites for hydroxylation is 1. The van der Waals surface area contributed by atoms with E-state index in [0.29, 0.717) is 16.3 Å². The maximum absolute atomic E-state index is 13.2. The van der Waals surface area contributed by atoms with Crippen molar-refractivity contribution in [3.05, 3.63) is 65.0 Å². The number of esters is 1. The number of amides is 2. The summed E-state index contributed by atoms with van der Waals surface area (Å²) in [7, 11) is 0. The lowest BCUT2D eigenvalue weighted by atomic mass is 10.0. The van der Waals surface area contributed by atoms with Crippen molar-refractivity contribution in [3.8, 4) is 11.1 Å². The van der Waals surface area contributed by atoms with E-state index in [-0.39, 0.29) is 30.4 Å². The van der Waals surface area contributed by atoms with Crippen LogP contribution < -0.4 is 10.6 Å². The van der Waals surface area contributed by atoms with Gasteiger partial charge in [0.1, 0.15) is 10.6 Å². The van der Waals surface area contributed by atoms with Gasteiger partial charge in [-0.05, 0) is 43.7 Å². The molecule has 2 heterocycles. The predicted octanol–water partition coefficient (Wildman–Crippen LogP) is 4.91. The molecule has 6 nitrogen and oxygen atoms in total. The maximum Gasteiger partial charge on any atom is 0.341 e. The van der Waals surface area contributed by atoms with E-state index in [9.17, 15) is 14.4 Å². The highest BCUT2D eigenvalue weighted by Crippen LogP contribution is 2.42. The van der Waals surface area contributed by atoms with Crippen molar-refractivity contribution in [3.63, 3.8) is 0 Å². The predicted molar refractivity (Wildman–Crippen MR) is 128 cm³/mol. The van der Waals surface area contributed by atoms with E-state index >= 15 is 0 Å². The molecule has 1 fully saturated rings. The summed E-state index contributed by atoms with van der Waals surface area (Å²) in [5.74, 6) is -1.21. The zero-order chi connectivity index (χ0) is 22.8. The number of nitrogen functional groups attached to an aromatic ring is 1. The summed E-state index contributed by atoms with van der Waals surface area (Å²) < 4.78 is 5.28. The molecule has 0 spiro atoms. The van der Waals surface area contributed by atoms with Gasteiger partial charge < -0.3 is 10.5 Å². The Hall–Kier alpha value is -3.10. The maximum atomic E-state index is 13.2. The van der Waals surface area contributed by atoms with Crippen molar-refractivity contribution < 1.29 is 19.1 Å². The summed E-state index contributed by atoms with van der Waals surface area (Å²) in [6, 6.07) is 14.9. The Bertz CT molecular complexity index is 1170. The van der Waals surface area contributed by atoms with Gasteiger partial charge in [0.25, 0.3) is 0 Å². The van der Waals surface area contributed by atoms with Crippen LogP contribution in [0.2, 0.25) is 0 Å². The Morgan fingerprint density at radius 2 is 1.84 bits per heavy atom. The second-order valence-corrected chi connectivity index (χ2v) is 9.50. The molecule has 0 saturated carbocycles. The van der Waals surface area contributed by atoms with Gasteiger partial charge in [-0.25, -0.2) is 9.69 Å². The number of rotatable bonds is 6. The SMILES string of the molecule is CCOC(=O)c1c(-c2ccc(C)cc2)csc1N1C(=O)CC(Sc2ccc(N)cc2)C1=O. The number of hydrogen-bond acceptors (Lipinski definition) is 7. The van der Waals surface area contributed by atoms with Crippen molar-refractivity contribution in [2.45, 2.75) is 30.4 Å². The summed E-state index contributed by atoms with van der Waals surface area (Å²) in [5.41, 5.74) is 9.18. The monoisotopic (exact) mass is 466 g/mol. The van der Waals surface area contributed by atoms with Gasteiger partial charge in [-0.15, -0.1) is 23.1 Å². The van der Waals surface area contributed by atoms with Gasteiger partial charge in [-0.2, -0.15) is 0 Å². The molecule has 1 atom stereocenters. The van der Waals surface area contributed by atoms with Crippen LogP contribution in [-0.2, 0) is 14.3 Å². The number of anilines is 2. The van der Waals surface area contributed by atoms with Crippen molar-refractivity contribution in [1.82, 2.24) is 0 Å². The first-order chi connectivity index (χ1) is 15.4. The number of thioether (sulfide) groups is 1. The highest BCUT2D eigenvalue weighted by molar-refractivity contribution is 8.00. The smallest absolute Gasteiger partial charge is 0.341 e. The van der Waals surface area contributed by atoms with Gasteiger partial charge in [0.2, 0.25) is 11.8 Å². The van der Waals surface area contributed by atoms with Crippen LogP contribution >= 0.6 is 23.1 Å². The summed E-state index contributed by atoms with van der Waals surface area (Å²) in [6.07, 6.45) is 0.0634. The molecule has 1 aliphatic heterocycles. The molecule has 3 aromatic rings. The standard InChI is InChI=1S/C24H22N2O4S2/c1-3-30-24(29)21-18(15-6-4-14(2)5-7-15)13-31-23(21)26-20(27)12-19(22(26)28)32-17-10-8-16(25)9-11-17/h4-11,13,19H,3,12,25H2,1-2H3. The third kappa shape index (κ3) is 4.28. The zero-order valence-corrected chi connectivity index (χ0v) is 19.3. The quantitative estimate of drug-likeness (QED) is 0.316. The molecule has 1 unspecified atom stereocenters. The van der Waals surface area contributed by atoms with E-state index in [2.05, 4.69) is 0 Å². The number of imide groups is 1. The number of nitrogens with zero attached hydrogens (tertiary/aromatic N) is 1. The minimum absolute atomic E-state index is 0.0634. The van der Waals surface area contributed by atoms with Gasteiger partial charge in [0.05, 0.1) is 11.9 Å². The lowest BCUT2D eigenvalue weighted by Crippen LogP contribution is -2.31. The summed E-state index contributed by atoms with van der Waals surface area (Å²) in [6.45, 7) is 3.90. The molecular formula is C24H22N2O4S2. The van der Waals surface area contributed by atoms with E-state index in [1.165, 1.54) is 23.1 Å². The minimum Gasteiger partial charge on any atom is -0.462 e. The Morgan fingerprint density at radius 1 is 1.16 bits per heavy atom. The van der Waals surface area contributed by atoms with Crippen LogP contribution in [0.3, 0.4) is 0 Å². The van der Waals surface area contributed by atoms with Crippen LogP contribution in [0.25, 0.3) is 11.1 Å². The van der Waals surface area contributed by atoms with Crippen molar-refractivity contribution in [1.29, 1.82) is 0 Å². The molecule has 0 bridgehead atoms. The lowest BCUT2D eigenvalue weighted by molar-refractivity contribution is -0.121. The molecule has 2 amide bonds. The second kappa shape index (κ2) is 9.18. The zero-order valence-electron chi connectivity index (χ0n) is 17.7. The fourth-order valence-corrected chi connectivity index (χ4v) is 5.62. The fraction of sp³-hybridized carbons (Fsp3) is 0.208. The molecule has 164 valence electrons. The Kier molecular flexibility index (Phi) is 6.34. The first-order valence-electron chi connectivity index (χ1n) is 10.1. The summed E-state index contributed by atoms with van der Waals surface area (Å²) >= 11 is 2.52. The van der Waals surface area contributed by atoms with Gasteiger partial charge in [0, 0.05) is 27.9 Å². The van der Waals surface area contributed by atoms with Gasteiger partial charge in [0.15, 0.2) is 0 Å². The molecule has 2 aromatic carbocycles. The first kappa shape index (κ1) is 22.1. The molecule has 2 N–H and O–H groups in total. The average molecular weight is 467 g/mol. The molecule has 0 radical (unpaired) electrons. The van der Waals surface area contributed by atoms with Gasteiger partial charge in [-0.3, -0.25) is 9.59 Å². The largest absolute Gasteiger partial charge is 0.462 e. The van der Waals surface area contributed by atoms with Crippen molar-refractivity contribution in [2.75, 3.05) is 17.2 Å². The Labute approximate surface area is 194 Å². The third-order valence-electron chi connectivity index (χ3n) is 5.08. The summed E-state index contributed by atoms with van der Waals surface area (Å²) in [4.78, 5) is 41.0. The number of benzene rings is 2. The van der Waals surface area contributed by atoms with Crippen LogP contribution in [0.5, 0.6) is 0 Å². The van der Waals surface area contributed by atoms with Crippen LogP contribution in [0.4, 0.5) is 10.7 Å². The topological polar surface area (TPSA) is 89.7 Å². The molecule has 0 aliphatic carbocycles. The average Bonchev–Trinajstić information content (AvgIpc) is 3.31. The lowest BCUT2D eigenvalue weighted by Gasteiger charge is -2.16. The number of nitrogens with two attached hydrogens (primary N) is 1. The van der Waals surface area contributed by atoms with E-state index in [1.807, 2.05) is 43.3 Å². The molecule has 1 aliphatic rings. The van der Waals surface area contributed by atoms with Gasteiger partial charge >= 0.3 is 5.97 Å². The highest BCUT2D eigenvalue weighted by Gasteiger charge is 2.43. The number of carbonyl (C=O) groups is 3. The molecule has 32 heavy (non-hydrogen) atoms. The molecule has 8 heteroatoms. The van der Waals surface area contributed by atoms with Crippen LogP contribution in [-0.4, -0.2) is 29.6 Å². The summed E-state index contributed by atoms with van der Waals surface area (Å²) in [5, 5.41) is 1.55. The second-order valence-electron chi connectivity index (χ2n) is 7.36. The molecular weight excluding hydrogens is 444 g/mol. The molecule has 1 saturated heterocycles. The first-order valence-corrected chi connectivity index (χ1v) is 11.9. The van der Waals surface area contributed by atoms with Crippen molar-refractivity contribution >= 4 is 51.6 Å². The third-order valence-corrected chi connectivity index (χ3v) is 7.24. The molecule has 4 rings (SSSR count). The Morgan fingerprint density at radius 3 is 2.50 bits per heavy atom. The van der Waals surface area contributed by atoms with Crippen LogP contribution in [0.15, 0.2) is 58.8 Å². The molecule has 1 aromatic heterocycles.